The van der Waals surface area contributed by atoms with Crippen LogP contribution >= 0.6 is 11.3 Å². The first-order chi connectivity index (χ1) is 14.8. The second-order valence-corrected chi connectivity index (χ2v) is 9.65. The van der Waals surface area contributed by atoms with Crippen LogP contribution in [-0.4, -0.2) is 48.2 Å². The van der Waals surface area contributed by atoms with Crippen LogP contribution in [0.2, 0.25) is 0 Å². The number of nitrogens with zero attached hydrogens (tertiary/aromatic N) is 4. The van der Waals surface area contributed by atoms with Crippen LogP contribution in [0.3, 0.4) is 0 Å². The SMILES string of the molecule is COC(=O)Cn1c(=NC(=O)c2ccc3nccnc3c2)sc2cc(S(C)(=O)=O)ccc21. The lowest BCUT2D eigenvalue weighted by Crippen LogP contribution is -2.22. The predicted molar refractivity (Wildman–Crippen MR) is 114 cm³/mol. The zero-order valence-corrected chi connectivity index (χ0v) is 18.1. The van der Waals surface area contributed by atoms with Gasteiger partial charge in [0, 0.05) is 24.2 Å². The van der Waals surface area contributed by atoms with Crippen LogP contribution in [-0.2, 0) is 25.9 Å². The van der Waals surface area contributed by atoms with Crippen LogP contribution in [0, 0.1) is 0 Å². The minimum atomic E-state index is -3.42. The molecule has 1 amide bonds. The number of rotatable bonds is 4. The fourth-order valence-corrected chi connectivity index (χ4v) is 4.75. The second kappa shape index (κ2) is 8.00. The molecule has 0 saturated carbocycles. The van der Waals surface area contributed by atoms with Crippen LogP contribution in [0.25, 0.3) is 21.3 Å². The van der Waals surface area contributed by atoms with Crippen molar-refractivity contribution in [2.75, 3.05) is 13.4 Å². The number of esters is 1. The summed E-state index contributed by atoms with van der Waals surface area (Å²) in [5.41, 5.74) is 2.08. The van der Waals surface area contributed by atoms with Gasteiger partial charge in [-0.05, 0) is 36.4 Å². The molecule has 0 spiro atoms. The average Bonchev–Trinajstić information content (AvgIpc) is 3.08. The van der Waals surface area contributed by atoms with Crippen LogP contribution in [0.1, 0.15) is 10.4 Å². The molecule has 2 heterocycles. The lowest BCUT2D eigenvalue weighted by molar-refractivity contribution is -0.141. The Labute approximate surface area is 180 Å². The third-order valence-electron chi connectivity index (χ3n) is 4.51. The molecule has 0 bridgehead atoms. The zero-order chi connectivity index (χ0) is 22.2. The molecule has 9 nitrogen and oxygen atoms in total. The first kappa shape index (κ1) is 20.8. The first-order valence-electron chi connectivity index (χ1n) is 8.96. The zero-order valence-electron chi connectivity index (χ0n) is 16.5. The molecule has 158 valence electrons. The summed E-state index contributed by atoms with van der Waals surface area (Å²) in [6.45, 7) is -0.177. The van der Waals surface area contributed by atoms with Gasteiger partial charge in [-0.1, -0.05) is 11.3 Å². The molecule has 2 aromatic heterocycles. The monoisotopic (exact) mass is 456 g/mol. The maximum atomic E-state index is 12.8. The highest BCUT2D eigenvalue weighted by Gasteiger charge is 2.15. The predicted octanol–water partition coefficient (Wildman–Crippen LogP) is 1.96. The molecule has 0 atom stereocenters. The van der Waals surface area contributed by atoms with Crippen molar-refractivity contribution < 1.29 is 22.7 Å². The van der Waals surface area contributed by atoms with Gasteiger partial charge in [-0.3, -0.25) is 19.6 Å². The fourth-order valence-electron chi connectivity index (χ4n) is 2.96. The molecule has 4 aromatic rings. The third kappa shape index (κ3) is 4.23. The van der Waals surface area contributed by atoms with Crippen LogP contribution < -0.4 is 4.80 Å². The van der Waals surface area contributed by atoms with Gasteiger partial charge in [0.05, 0.1) is 33.3 Å². The number of hydrogen-bond donors (Lipinski definition) is 0. The van der Waals surface area contributed by atoms with Crippen molar-refractivity contribution in [3.8, 4) is 0 Å². The second-order valence-electron chi connectivity index (χ2n) is 6.63. The lowest BCUT2D eigenvalue weighted by atomic mass is 10.2. The number of benzene rings is 2. The number of carbonyl (C=O) groups is 2. The van der Waals surface area contributed by atoms with Gasteiger partial charge in [-0.2, -0.15) is 4.99 Å². The van der Waals surface area contributed by atoms with E-state index in [2.05, 4.69) is 15.0 Å². The number of carbonyl (C=O) groups excluding carboxylic acids is 2. The normalized spacial score (nSPS) is 12.4. The first-order valence-corrected chi connectivity index (χ1v) is 11.7. The minimum absolute atomic E-state index is 0.137. The van der Waals surface area contributed by atoms with E-state index < -0.39 is 21.7 Å². The van der Waals surface area contributed by atoms with E-state index in [1.54, 1.807) is 30.5 Å². The maximum Gasteiger partial charge on any atom is 0.325 e. The molecule has 2 aromatic carbocycles. The molecule has 31 heavy (non-hydrogen) atoms. The van der Waals surface area contributed by atoms with E-state index in [1.807, 2.05) is 0 Å². The van der Waals surface area contributed by atoms with Gasteiger partial charge in [-0.25, -0.2) is 8.42 Å². The fraction of sp³-hybridized carbons (Fsp3) is 0.150. The number of fused-ring (bicyclic) bond motifs is 2. The molecule has 4 rings (SSSR count). The number of amides is 1. The van der Waals surface area contributed by atoms with Gasteiger partial charge >= 0.3 is 5.97 Å². The Kier molecular flexibility index (Phi) is 5.38. The number of methoxy groups -OCH3 is 1. The molecule has 0 saturated heterocycles. The Morgan fingerprint density at radius 3 is 2.55 bits per heavy atom. The molecule has 0 aliphatic carbocycles. The van der Waals surface area contributed by atoms with Crippen LogP contribution in [0.5, 0.6) is 0 Å². The van der Waals surface area contributed by atoms with Gasteiger partial charge in [-0.15, -0.1) is 0 Å². The van der Waals surface area contributed by atoms with Crippen molar-refractivity contribution in [3.63, 3.8) is 0 Å². The summed E-state index contributed by atoms with van der Waals surface area (Å²) in [4.78, 5) is 37.7. The highest BCUT2D eigenvalue weighted by atomic mass is 32.2. The van der Waals surface area contributed by atoms with Crippen molar-refractivity contribution in [2.45, 2.75) is 11.4 Å². The van der Waals surface area contributed by atoms with Crippen molar-refractivity contribution >= 4 is 54.3 Å². The summed E-state index contributed by atoms with van der Waals surface area (Å²) in [5.74, 6) is -1.05. The van der Waals surface area contributed by atoms with Crippen molar-refractivity contribution in [1.82, 2.24) is 14.5 Å². The Hall–Kier alpha value is -3.44. The van der Waals surface area contributed by atoms with E-state index >= 15 is 0 Å². The molecular formula is C20H16N4O5S2. The van der Waals surface area contributed by atoms with Gasteiger partial charge in [0.15, 0.2) is 14.6 Å². The summed E-state index contributed by atoms with van der Waals surface area (Å²) < 4.78 is 30.6. The standard InChI is InChI=1S/C20H16N4O5S2/c1-29-18(25)11-24-16-6-4-13(31(2,27)28)10-17(16)30-20(24)23-19(26)12-3-5-14-15(9-12)22-8-7-21-14/h3-10H,11H2,1-2H3. The summed E-state index contributed by atoms with van der Waals surface area (Å²) in [5, 5.41) is 0. The van der Waals surface area contributed by atoms with E-state index in [0.29, 0.717) is 26.8 Å². The Morgan fingerprint density at radius 1 is 1.10 bits per heavy atom. The summed E-state index contributed by atoms with van der Waals surface area (Å²) >= 11 is 1.11. The Balaban J connectivity index is 1.86. The van der Waals surface area contributed by atoms with E-state index in [0.717, 1.165) is 17.6 Å². The summed E-state index contributed by atoms with van der Waals surface area (Å²) in [6, 6.07) is 9.40. The number of aromatic nitrogens is 3. The lowest BCUT2D eigenvalue weighted by Gasteiger charge is -2.04. The largest absolute Gasteiger partial charge is 0.468 e. The topological polar surface area (TPSA) is 121 Å². The molecule has 0 fully saturated rings. The van der Waals surface area contributed by atoms with Crippen LogP contribution in [0.15, 0.2) is 58.7 Å². The minimum Gasteiger partial charge on any atom is -0.468 e. The van der Waals surface area contributed by atoms with Gasteiger partial charge in [0.2, 0.25) is 0 Å². The molecule has 0 N–H and O–H groups in total. The highest BCUT2D eigenvalue weighted by molar-refractivity contribution is 7.90. The van der Waals surface area contributed by atoms with E-state index in [-0.39, 0.29) is 16.2 Å². The molecule has 0 aliphatic heterocycles. The highest BCUT2D eigenvalue weighted by Crippen LogP contribution is 2.22. The van der Waals surface area contributed by atoms with Crippen LogP contribution in [0.4, 0.5) is 0 Å². The quantitative estimate of drug-likeness (QED) is 0.431. The molecule has 11 heteroatoms. The number of ether oxygens (including phenoxy) is 1. The number of hydrogen-bond acceptors (Lipinski definition) is 8. The number of sulfone groups is 1. The molecule has 0 aliphatic rings. The molecular weight excluding hydrogens is 440 g/mol. The van der Waals surface area contributed by atoms with Gasteiger partial charge in [0.1, 0.15) is 6.54 Å². The van der Waals surface area contributed by atoms with E-state index in [9.17, 15) is 18.0 Å². The smallest absolute Gasteiger partial charge is 0.325 e. The van der Waals surface area contributed by atoms with E-state index in [1.165, 1.54) is 30.0 Å². The molecule has 0 radical (unpaired) electrons. The third-order valence-corrected chi connectivity index (χ3v) is 6.66. The Bertz CT molecular complexity index is 1520. The summed E-state index contributed by atoms with van der Waals surface area (Å²) in [6.07, 6.45) is 4.21. The van der Waals surface area contributed by atoms with Gasteiger partial charge < -0.3 is 9.30 Å². The number of thiazole rings is 1. The van der Waals surface area contributed by atoms with Crippen molar-refractivity contribution in [1.29, 1.82) is 0 Å². The van der Waals surface area contributed by atoms with E-state index in [4.69, 9.17) is 4.74 Å². The van der Waals surface area contributed by atoms with Crippen molar-refractivity contribution in [3.05, 3.63) is 59.2 Å². The van der Waals surface area contributed by atoms with Gasteiger partial charge in [0.25, 0.3) is 5.91 Å². The Morgan fingerprint density at radius 2 is 1.84 bits per heavy atom. The maximum absolute atomic E-state index is 12.8. The summed E-state index contributed by atoms with van der Waals surface area (Å²) in [7, 11) is -2.16. The molecule has 0 unspecified atom stereocenters. The van der Waals surface area contributed by atoms with Crippen molar-refractivity contribution in [2.24, 2.45) is 4.99 Å². The average molecular weight is 457 g/mol.